The van der Waals surface area contributed by atoms with Crippen molar-refractivity contribution in [2.24, 2.45) is 0 Å². The Morgan fingerprint density at radius 1 is 1.12 bits per heavy atom. The number of carbonyl (C=O) groups excluding carboxylic acids is 1. The third-order valence-corrected chi connectivity index (χ3v) is 6.60. The van der Waals surface area contributed by atoms with E-state index >= 15 is 0 Å². The number of hydrogen-bond donors (Lipinski definition) is 1. The van der Waals surface area contributed by atoms with Crippen LogP contribution >= 0.6 is 23.1 Å². The molecule has 0 saturated heterocycles. The van der Waals surface area contributed by atoms with Crippen molar-refractivity contribution in [2.75, 3.05) is 12.3 Å². The first kappa shape index (κ1) is 18.9. The lowest BCUT2D eigenvalue weighted by Crippen LogP contribution is -2.25. The highest BCUT2D eigenvalue weighted by Crippen LogP contribution is 2.31. The minimum Gasteiger partial charge on any atom is -0.350 e. The molecule has 0 spiro atoms. The summed E-state index contributed by atoms with van der Waals surface area (Å²) in [5, 5.41) is 4.04. The smallest absolute Gasteiger partial charge is 0.261 e. The number of aryl methyl sites for hydroxylation is 5. The summed E-state index contributed by atoms with van der Waals surface area (Å²) < 4.78 is 0. The van der Waals surface area contributed by atoms with Gasteiger partial charge in [-0.3, -0.25) is 4.79 Å². The Hall–Kier alpha value is -1.92. The molecule has 0 unspecified atom stereocenters. The Morgan fingerprint density at radius 2 is 1.88 bits per heavy atom. The van der Waals surface area contributed by atoms with Crippen LogP contribution < -0.4 is 5.32 Å². The Balaban J connectivity index is 1.63. The summed E-state index contributed by atoms with van der Waals surface area (Å²) in [6.07, 6.45) is 0. The van der Waals surface area contributed by atoms with Crippen LogP contribution in [0.5, 0.6) is 0 Å². The number of thiophene rings is 1. The number of carbonyl (C=O) groups is 1. The predicted molar refractivity (Wildman–Crippen MR) is 111 cm³/mol. The fraction of sp³-hybridized carbons (Fsp3) is 0.350. The fourth-order valence-electron chi connectivity index (χ4n) is 2.91. The molecule has 3 aromatic rings. The molecule has 2 aromatic heterocycles. The van der Waals surface area contributed by atoms with Crippen molar-refractivity contribution in [3.05, 3.63) is 51.3 Å². The van der Waals surface area contributed by atoms with Crippen molar-refractivity contribution in [1.82, 2.24) is 15.3 Å². The van der Waals surface area contributed by atoms with Crippen LogP contribution in [0.3, 0.4) is 0 Å². The Morgan fingerprint density at radius 3 is 2.62 bits per heavy atom. The minimum absolute atomic E-state index is 0.0248. The first-order chi connectivity index (χ1) is 12.4. The number of rotatable bonds is 5. The Bertz CT molecular complexity index is 979. The lowest BCUT2D eigenvalue weighted by molar-refractivity contribution is 0.0960. The second kappa shape index (κ2) is 7.76. The zero-order valence-corrected chi connectivity index (χ0v) is 17.4. The van der Waals surface area contributed by atoms with Gasteiger partial charge in [-0.1, -0.05) is 6.07 Å². The molecule has 1 amide bonds. The predicted octanol–water partition coefficient (Wildman–Crippen LogP) is 4.76. The van der Waals surface area contributed by atoms with E-state index in [9.17, 15) is 4.79 Å². The second-order valence-electron chi connectivity index (χ2n) is 6.44. The largest absolute Gasteiger partial charge is 0.350 e. The molecule has 3 rings (SSSR count). The summed E-state index contributed by atoms with van der Waals surface area (Å²) in [4.78, 5) is 24.3. The van der Waals surface area contributed by atoms with Crippen LogP contribution in [0.4, 0.5) is 0 Å². The van der Waals surface area contributed by atoms with E-state index < -0.39 is 0 Å². The van der Waals surface area contributed by atoms with Crippen molar-refractivity contribution in [1.29, 1.82) is 0 Å². The first-order valence-electron chi connectivity index (χ1n) is 8.59. The number of hydrogen-bond acceptors (Lipinski definition) is 5. The molecule has 136 valence electrons. The van der Waals surface area contributed by atoms with E-state index in [1.165, 1.54) is 27.4 Å². The average molecular weight is 386 g/mol. The maximum Gasteiger partial charge on any atom is 0.261 e. The van der Waals surface area contributed by atoms with Crippen LogP contribution in [0.1, 0.15) is 37.9 Å². The van der Waals surface area contributed by atoms with Gasteiger partial charge in [-0.25, -0.2) is 9.97 Å². The lowest BCUT2D eigenvalue weighted by atomic mass is 10.1. The molecule has 1 N–H and O–H groups in total. The monoisotopic (exact) mass is 385 g/mol. The summed E-state index contributed by atoms with van der Waals surface area (Å²) in [6, 6.07) is 6.47. The van der Waals surface area contributed by atoms with E-state index in [1.807, 2.05) is 20.8 Å². The van der Waals surface area contributed by atoms with Gasteiger partial charge in [0.25, 0.3) is 5.91 Å². The zero-order valence-electron chi connectivity index (χ0n) is 15.8. The van der Waals surface area contributed by atoms with E-state index in [0.29, 0.717) is 6.54 Å². The molecule has 0 radical (unpaired) electrons. The van der Waals surface area contributed by atoms with E-state index in [0.717, 1.165) is 37.9 Å². The normalized spacial score (nSPS) is 11.1. The molecule has 1 aromatic carbocycles. The maximum atomic E-state index is 12.6. The molecule has 0 bridgehead atoms. The first-order valence-corrected chi connectivity index (χ1v) is 10.4. The van der Waals surface area contributed by atoms with Gasteiger partial charge >= 0.3 is 0 Å². The highest BCUT2D eigenvalue weighted by Gasteiger charge is 2.18. The van der Waals surface area contributed by atoms with Gasteiger partial charge in [0.15, 0.2) is 0 Å². The van der Waals surface area contributed by atoms with Crippen molar-refractivity contribution in [2.45, 2.75) is 39.5 Å². The molecule has 4 nitrogen and oxygen atoms in total. The molecular formula is C20H23N3OS2. The van der Waals surface area contributed by atoms with E-state index in [1.54, 1.807) is 11.8 Å². The number of nitrogens with zero attached hydrogens (tertiary/aromatic N) is 2. The van der Waals surface area contributed by atoms with E-state index in [4.69, 9.17) is 0 Å². The van der Waals surface area contributed by atoms with Gasteiger partial charge in [-0.05, 0) is 63.4 Å². The third-order valence-electron chi connectivity index (χ3n) is 4.42. The number of thioether (sulfide) groups is 1. The van der Waals surface area contributed by atoms with Crippen molar-refractivity contribution in [3.8, 4) is 0 Å². The van der Waals surface area contributed by atoms with Crippen LogP contribution in [-0.4, -0.2) is 28.2 Å². The van der Waals surface area contributed by atoms with Gasteiger partial charge in [0, 0.05) is 28.3 Å². The molecule has 0 atom stereocenters. The number of nitrogens with one attached hydrogen (secondary N) is 1. The van der Waals surface area contributed by atoms with Crippen molar-refractivity contribution < 1.29 is 4.79 Å². The number of fused-ring (bicyclic) bond motifs is 1. The molecule has 0 fully saturated rings. The minimum atomic E-state index is -0.0248. The molecule has 2 heterocycles. The lowest BCUT2D eigenvalue weighted by Gasteiger charge is -2.06. The molecule has 0 aliphatic carbocycles. The number of amides is 1. The van der Waals surface area contributed by atoms with Crippen LogP contribution in [-0.2, 0) is 0 Å². The SMILES string of the molecule is Cc1nc(C)c2c(C)c(C(=O)NCCSc3ccc(C)c(C)c3)sc2n1. The topological polar surface area (TPSA) is 54.9 Å². The summed E-state index contributed by atoms with van der Waals surface area (Å²) in [5.41, 5.74) is 4.51. The highest BCUT2D eigenvalue weighted by molar-refractivity contribution is 7.99. The maximum absolute atomic E-state index is 12.6. The van der Waals surface area contributed by atoms with E-state index in [-0.39, 0.29) is 5.91 Å². The average Bonchev–Trinajstić information content (AvgIpc) is 2.91. The van der Waals surface area contributed by atoms with Crippen LogP contribution in [0.2, 0.25) is 0 Å². The van der Waals surface area contributed by atoms with Gasteiger partial charge in [-0.2, -0.15) is 0 Å². The number of benzene rings is 1. The summed E-state index contributed by atoms with van der Waals surface area (Å²) in [6.45, 7) is 10.7. The summed E-state index contributed by atoms with van der Waals surface area (Å²) in [5.74, 6) is 1.56. The van der Waals surface area contributed by atoms with Gasteiger partial charge in [0.05, 0.1) is 4.88 Å². The zero-order chi connectivity index (χ0) is 18.8. The van der Waals surface area contributed by atoms with Gasteiger partial charge in [0.1, 0.15) is 10.7 Å². The fourth-order valence-corrected chi connectivity index (χ4v) is 4.97. The molecule has 0 aliphatic rings. The third kappa shape index (κ3) is 3.91. The Labute approximate surface area is 162 Å². The second-order valence-corrected chi connectivity index (χ2v) is 8.61. The van der Waals surface area contributed by atoms with Crippen LogP contribution in [0.25, 0.3) is 10.2 Å². The molecule has 0 aliphatic heterocycles. The summed E-state index contributed by atoms with van der Waals surface area (Å²) >= 11 is 3.21. The van der Waals surface area contributed by atoms with Gasteiger partial charge in [-0.15, -0.1) is 23.1 Å². The van der Waals surface area contributed by atoms with Crippen LogP contribution in [0, 0.1) is 34.6 Å². The highest BCUT2D eigenvalue weighted by atomic mass is 32.2. The van der Waals surface area contributed by atoms with Crippen LogP contribution in [0.15, 0.2) is 23.1 Å². The summed E-state index contributed by atoms with van der Waals surface area (Å²) in [7, 11) is 0. The molecular weight excluding hydrogens is 362 g/mol. The molecule has 0 saturated carbocycles. The van der Waals surface area contributed by atoms with Crippen molar-refractivity contribution >= 4 is 39.2 Å². The van der Waals surface area contributed by atoms with E-state index in [2.05, 4.69) is 47.3 Å². The molecule has 6 heteroatoms. The van der Waals surface area contributed by atoms with Gasteiger partial charge < -0.3 is 5.32 Å². The Kier molecular flexibility index (Phi) is 5.63. The van der Waals surface area contributed by atoms with Crippen molar-refractivity contribution in [3.63, 3.8) is 0 Å². The number of aromatic nitrogens is 2. The standard InChI is InChI=1S/C20H23N3OS2/c1-11-6-7-16(10-12(11)2)25-9-8-21-19(24)18-13(3)17-14(4)22-15(5)23-20(17)26-18/h6-7,10H,8-9H2,1-5H3,(H,21,24). The molecule has 26 heavy (non-hydrogen) atoms. The van der Waals surface area contributed by atoms with Gasteiger partial charge in [0.2, 0.25) is 0 Å². The quantitative estimate of drug-likeness (QED) is 0.508.